The van der Waals surface area contributed by atoms with Crippen molar-refractivity contribution in [1.29, 1.82) is 0 Å². The van der Waals surface area contributed by atoms with Crippen LogP contribution in [0.1, 0.15) is 55.7 Å². The number of hydrogen-bond donors (Lipinski definition) is 2. The number of benzene rings is 2. The van der Waals surface area contributed by atoms with Crippen LogP contribution in [0.5, 0.6) is 5.75 Å². The number of phenols is 1. The van der Waals surface area contributed by atoms with E-state index in [1.807, 2.05) is 19.1 Å². The minimum absolute atomic E-state index is 0.00654. The Hall–Kier alpha value is -3.62. The Labute approximate surface area is 268 Å². The Bertz CT molecular complexity index is 1560. The van der Waals surface area contributed by atoms with Crippen LogP contribution in [0.15, 0.2) is 59.2 Å². The number of rotatable bonds is 9. The summed E-state index contributed by atoms with van der Waals surface area (Å²) in [5.74, 6) is -4.66. The van der Waals surface area contributed by atoms with Crippen LogP contribution in [0, 0.1) is 17.8 Å². The van der Waals surface area contributed by atoms with Crippen molar-refractivity contribution in [2.24, 2.45) is 17.8 Å². The Morgan fingerprint density at radius 3 is 2.30 bits per heavy atom. The number of alkyl halides is 6. The van der Waals surface area contributed by atoms with Gasteiger partial charge in [0.1, 0.15) is 5.75 Å². The van der Waals surface area contributed by atoms with Crippen LogP contribution in [0.3, 0.4) is 0 Å². The number of halogens is 6. The molecule has 0 saturated carbocycles. The van der Waals surface area contributed by atoms with E-state index in [0.717, 1.165) is 24.0 Å². The number of ether oxygens (including phenoxy) is 1. The van der Waals surface area contributed by atoms with E-state index in [9.17, 15) is 46.1 Å². The number of imide groups is 1. The van der Waals surface area contributed by atoms with Crippen molar-refractivity contribution in [3.05, 3.63) is 75.9 Å². The van der Waals surface area contributed by atoms with Crippen LogP contribution >= 0.6 is 0 Å². The van der Waals surface area contributed by atoms with Crippen molar-refractivity contribution < 1.29 is 55.5 Å². The average molecular weight is 665 g/mol. The SMILES string of the molecule is CCC/C(=C\c1cccc(O)c1)CC[C@H]1OB(O)C[C@H]2C1=C(COC)C[C@H]1C(=O)N(c3cc(C(F)(F)F)cc(C(F)(F)F)c3)C(=O)[C@H]12. The summed E-state index contributed by atoms with van der Waals surface area (Å²) in [5.41, 5.74) is -0.933. The number of methoxy groups -OCH3 is 1. The minimum atomic E-state index is -5.17. The maximum Gasteiger partial charge on any atom is 0.455 e. The summed E-state index contributed by atoms with van der Waals surface area (Å²) in [6.07, 6.45) is -6.69. The summed E-state index contributed by atoms with van der Waals surface area (Å²) >= 11 is 0. The van der Waals surface area contributed by atoms with Gasteiger partial charge in [0, 0.05) is 7.11 Å². The minimum Gasteiger partial charge on any atom is -0.508 e. The van der Waals surface area contributed by atoms with Crippen LogP contribution < -0.4 is 4.90 Å². The highest BCUT2D eigenvalue weighted by Crippen LogP contribution is 2.52. The van der Waals surface area contributed by atoms with Crippen LogP contribution in [-0.2, 0) is 31.3 Å². The fourth-order valence-electron chi connectivity index (χ4n) is 7.15. The maximum atomic E-state index is 13.9. The first-order chi connectivity index (χ1) is 22.1. The Balaban J connectivity index is 1.49. The Morgan fingerprint density at radius 2 is 1.70 bits per heavy atom. The third-order valence-electron chi connectivity index (χ3n) is 9.00. The molecular formula is C33H34BF6NO6. The van der Waals surface area contributed by atoms with E-state index in [0.29, 0.717) is 41.0 Å². The third kappa shape index (κ3) is 7.29. The molecule has 0 radical (unpaired) electrons. The highest BCUT2D eigenvalue weighted by atomic mass is 19.4. The summed E-state index contributed by atoms with van der Waals surface area (Å²) in [6.45, 7) is 2.07. The van der Waals surface area contributed by atoms with E-state index in [1.54, 1.807) is 18.2 Å². The standard InChI is InChI=1S/C33H34BF6NO6/c1-3-5-18(10-19-6-4-7-24(42)11-19)8-9-27-28-20(17-46-2)12-25-29(26(28)16-34(45)47-27)31(44)41(30(25)43)23-14-21(32(35,36)37)13-22(15-23)33(38,39)40/h4,6-7,10-11,13-15,25-27,29,42,45H,3,5,8-9,12,16-17H2,1-2H3/b18-10+/t25-,26+,27-,29-/m1/s1. The molecule has 3 aliphatic rings. The first kappa shape index (κ1) is 34.7. The fourth-order valence-corrected chi connectivity index (χ4v) is 7.15. The van der Waals surface area contributed by atoms with E-state index < -0.39 is 72.0 Å². The Kier molecular flexibility index (Phi) is 9.96. The van der Waals surface area contributed by atoms with Gasteiger partial charge in [-0.1, -0.05) is 37.1 Å². The topological polar surface area (TPSA) is 96.3 Å². The molecule has 2 aromatic rings. The molecule has 2 aromatic carbocycles. The van der Waals surface area contributed by atoms with Gasteiger partial charge < -0.3 is 19.5 Å². The summed E-state index contributed by atoms with van der Waals surface area (Å²) in [7, 11) is 0.109. The summed E-state index contributed by atoms with van der Waals surface area (Å²) < 4.78 is 93.2. The lowest BCUT2D eigenvalue weighted by molar-refractivity contribution is -0.143. The van der Waals surface area contributed by atoms with Gasteiger partial charge in [-0.2, -0.15) is 26.3 Å². The predicted octanol–water partition coefficient (Wildman–Crippen LogP) is 7.04. The van der Waals surface area contributed by atoms with Gasteiger partial charge in [0.2, 0.25) is 11.8 Å². The molecule has 0 bridgehead atoms. The van der Waals surface area contributed by atoms with Crippen LogP contribution in [-0.4, -0.2) is 48.9 Å². The second kappa shape index (κ2) is 13.5. The van der Waals surface area contributed by atoms with Gasteiger partial charge in [-0.05, 0) is 85.0 Å². The molecule has 0 aromatic heterocycles. The number of anilines is 1. The van der Waals surface area contributed by atoms with Crippen molar-refractivity contribution in [2.75, 3.05) is 18.6 Å². The molecule has 2 aliphatic heterocycles. The molecular weight excluding hydrogens is 631 g/mol. The Morgan fingerprint density at radius 1 is 1.02 bits per heavy atom. The molecule has 252 valence electrons. The van der Waals surface area contributed by atoms with E-state index in [-0.39, 0.29) is 31.2 Å². The lowest BCUT2D eigenvalue weighted by atomic mass is 9.58. The molecule has 47 heavy (non-hydrogen) atoms. The normalized spacial score (nSPS) is 23.8. The smallest absolute Gasteiger partial charge is 0.455 e. The number of phenolic OH excluding ortho intramolecular Hbond substituents is 1. The van der Waals surface area contributed by atoms with E-state index in [4.69, 9.17) is 9.39 Å². The molecule has 2 saturated heterocycles. The van der Waals surface area contributed by atoms with Crippen LogP contribution in [0.2, 0.25) is 6.32 Å². The van der Waals surface area contributed by atoms with Crippen molar-refractivity contribution in [3.63, 3.8) is 0 Å². The van der Waals surface area contributed by atoms with Crippen LogP contribution in [0.4, 0.5) is 32.0 Å². The molecule has 7 nitrogen and oxygen atoms in total. The molecule has 2 amide bonds. The first-order valence-corrected chi connectivity index (χ1v) is 15.3. The van der Waals surface area contributed by atoms with Gasteiger partial charge in [0.25, 0.3) is 0 Å². The van der Waals surface area contributed by atoms with Crippen molar-refractivity contribution in [2.45, 2.75) is 63.8 Å². The van der Waals surface area contributed by atoms with Crippen molar-refractivity contribution in [3.8, 4) is 5.75 Å². The highest BCUT2D eigenvalue weighted by Gasteiger charge is 2.58. The molecule has 0 unspecified atom stereocenters. The number of amides is 2. The summed E-state index contributed by atoms with van der Waals surface area (Å²) in [6, 6.07) is 7.46. The van der Waals surface area contributed by atoms with Gasteiger partial charge in [-0.3, -0.25) is 9.59 Å². The van der Waals surface area contributed by atoms with E-state index in [1.165, 1.54) is 7.11 Å². The van der Waals surface area contributed by atoms with E-state index in [2.05, 4.69) is 0 Å². The number of nitrogens with zero attached hydrogens (tertiary/aromatic N) is 1. The maximum absolute atomic E-state index is 13.9. The van der Waals surface area contributed by atoms with Gasteiger partial charge in [0.05, 0.1) is 41.4 Å². The third-order valence-corrected chi connectivity index (χ3v) is 9.00. The highest BCUT2D eigenvalue weighted by molar-refractivity contribution is 6.43. The quantitative estimate of drug-likeness (QED) is 0.129. The van der Waals surface area contributed by atoms with Crippen molar-refractivity contribution >= 4 is 30.7 Å². The molecule has 2 heterocycles. The zero-order chi connectivity index (χ0) is 34.3. The lowest BCUT2D eigenvalue weighted by Crippen LogP contribution is -2.46. The number of hydrogen-bond acceptors (Lipinski definition) is 6. The molecule has 0 spiro atoms. The average Bonchev–Trinajstić information content (AvgIpc) is 3.23. The first-order valence-electron chi connectivity index (χ1n) is 15.3. The molecule has 4 atom stereocenters. The van der Waals surface area contributed by atoms with Gasteiger partial charge in [0.15, 0.2) is 0 Å². The van der Waals surface area contributed by atoms with Gasteiger partial charge in [-0.15, -0.1) is 0 Å². The number of aromatic hydroxyl groups is 1. The lowest BCUT2D eigenvalue weighted by Gasteiger charge is -2.43. The molecule has 2 N–H and O–H groups in total. The second-order valence-corrected chi connectivity index (χ2v) is 12.2. The fraction of sp³-hybridized carbons (Fsp3) is 0.455. The van der Waals surface area contributed by atoms with Crippen molar-refractivity contribution in [1.82, 2.24) is 0 Å². The number of carbonyl (C=O) groups is 2. The molecule has 5 rings (SSSR count). The van der Waals surface area contributed by atoms with Crippen LogP contribution in [0.25, 0.3) is 6.08 Å². The van der Waals surface area contributed by atoms with E-state index >= 15 is 0 Å². The largest absolute Gasteiger partial charge is 0.508 e. The molecule has 2 fully saturated rings. The zero-order valence-corrected chi connectivity index (χ0v) is 25.7. The summed E-state index contributed by atoms with van der Waals surface area (Å²) in [5, 5.41) is 20.7. The molecule has 14 heteroatoms. The molecule has 1 aliphatic carbocycles. The second-order valence-electron chi connectivity index (χ2n) is 12.2. The number of carbonyl (C=O) groups excluding carboxylic acids is 2. The summed E-state index contributed by atoms with van der Waals surface area (Å²) in [4.78, 5) is 28.1. The monoisotopic (exact) mass is 665 g/mol. The number of fused-ring (bicyclic) bond motifs is 3. The predicted molar refractivity (Wildman–Crippen MR) is 161 cm³/mol. The number of allylic oxidation sites excluding steroid dienone is 1. The zero-order valence-electron chi connectivity index (χ0n) is 25.7. The van der Waals surface area contributed by atoms with Gasteiger partial charge >= 0.3 is 19.5 Å². The van der Waals surface area contributed by atoms with Gasteiger partial charge in [-0.25, -0.2) is 4.90 Å².